The topological polar surface area (TPSA) is 54.0 Å². The fourth-order valence-electron chi connectivity index (χ4n) is 1.66. The summed E-state index contributed by atoms with van der Waals surface area (Å²) in [5.41, 5.74) is 1.74. The number of halogens is 1. The van der Waals surface area contributed by atoms with Crippen LogP contribution in [0.25, 0.3) is 6.08 Å². The van der Waals surface area contributed by atoms with Crippen LogP contribution in [0.1, 0.15) is 11.3 Å². The van der Waals surface area contributed by atoms with Crippen molar-refractivity contribution < 1.29 is 4.79 Å². The van der Waals surface area contributed by atoms with Gasteiger partial charge in [0.2, 0.25) is 5.91 Å². The van der Waals surface area contributed by atoms with Crippen LogP contribution in [-0.2, 0) is 4.79 Å². The molecule has 112 valence electrons. The molecular weight excluding hydrogens is 318 g/mol. The normalized spacial score (nSPS) is 10.5. The van der Waals surface area contributed by atoms with Crippen LogP contribution in [0.3, 0.4) is 0 Å². The van der Waals surface area contributed by atoms with E-state index >= 15 is 0 Å². The Hall–Kier alpha value is -2.24. The van der Waals surface area contributed by atoms with Crippen molar-refractivity contribution in [2.75, 3.05) is 5.32 Å². The molecule has 1 amide bonds. The van der Waals surface area contributed by atoms with Crippen LogP contribution in [0.15, 0.2) is 48.5 Å². The average molecular weight is 332 g/mol. The fraction of sp³-hybridized carbons (Fsp3) is 0.0625. The van der Waals surface area contributed by atoms with E-state index in [4.69, 9.17) is 23.8 Å². The number of benzene rings is 1. The van der Waals surface area contributed by atoms with Gasteiger partial charge in [-0.1, -0.05) is 29.8 Å². The van der Waals surface area contributed by atoms with E-state index in [0.29, 0.717) is 10.8 Å². The Bertz CT molecular complexity index is 714. The monoisotopic (exact) mass is 331 g/mol. The number of carbonyl (C=O) groups is 1. The van der Waals surface area contributed by atoms with Gasteiger partial charge in [-0.05, 0) is 55.0 Å². The second-order valence-electron chi connectivity index (χ2n) is 4.49. The second-order valence-corrected chi connectivity index (χ2v) is 5.34. The number of anilines is 1. The summed E-state index contributed by atoms with van der Waals surface area (Å²) in [6.45, 7) is 1.88. The standard InChI is InChI=1S/C16H14ClN3OS/c1-11-3-2-4-14(18-11)19-16(22)20-15(21)10-7-12-5-8-13(17)9-6-12/h2-10H,1H3,(H2,18,19,20,21,22). The molecule has 1 aromatic carbocycles. The molecule has 0 unspecified atom stereocenters. The predicted octanol–water partition coefficient (Wildman–Crippen LogP) is 3.57. The van der Waals surface area contributed by atoms with Crippen molar-refractivity contribution in [2.45, 2.75) is 6.92 Å². The Morgan fingerprint density at radius 3 is 2.64 bits per heavy atom. The van der Waals surface area contributed by atoms with Gasteiger partial charge < -0.3 is 5.32 Å². The largest absolute Gasteiger partial charge is 0.317 e. The van der Waals surface area contributed by atoms with Crippen LogP contribution in [0.5, 0.6) is 0 Å². The van der Waals surface area contributed by atoms with Crippen molar-refractivity contribution in [3.63, 3.8) is 0 Å². The number of carbonyl (C=O) groups excluding carboxylic acids is 1. The quantitative estimate of drug-likeness (QED) is 0.667. The zero-order chi connectivity index (χ0) is 15.9. The van der Waals surface area contributed by atoms with E-state index in [2.05, 4.69) is 15.6 Å². The number of aromatic nitrogens is 1. The zero-order valence-electron chi connectivity index (χ0n) is 11.8. The van der Waals surface area contributed by atoms with Gasteiger partial charge in [0.15, 0.2) is 5.11 Å². The van der Waals surface area contributed by atoms with Crippen molar-refractivity contribution in [3.8, 4) is 0 Å². The lowest BCUT2D eigenvalue weighted by molar-refractivity contribution is -0.115. The second kappa shape index (κ2) is 7.68. The molecule has 0 saturated carbocycles. The lowest BCUT2D eigenvalue weighted by Gasteiger charge is -2.07. The minimum atomic E-state index is -0.319. The summed E-state index contributed by atoms with van der Waals surface area (Å²) < 4.78 is 0. The first kappa shape index (κ1) is 16.1. The first-order chi connectivity index (χ1) is 10.5. The molecule has 1 aromatic heterocycles. The van der Waals surface area contributed by atoms with E-state index in [1.54, 1.807) is 24.3 Å². The molecule has 4 nitrogen and oxygen atoms in total. The molecule has 1 heterocycles. The van der Waals surface area contributed by atoms with Crippen LogP contribution in [0.2, 0.25) is 5.02 Å². The van der Waals surface area contributed by atoms with Gasteiger partial charge in [0.05, 0.1) is 0 Å². The first-order valence-electron chi connectivity index (χ1n) is 6.52. The van der Waals surface area contributed by atoms with Gasteiger partial charge in [-0.15, -0.1) is 0 Å². The van der Waals surface area contributed by atoms with Gasteiger partial charge in [0, 0.05) is 16.8 Å². The third kappa shape index (κ3) is 5.27. The van der Waals surface area contributed by atoms with E-state index in [1.807, 2.05) is 31.2 Å². The number of aryl methyl sites for hydroxylation is 1. The van der Waals surface area contributed by atoms with Gasteiger partial charge in [-0.25, -0.2) is 4.98 Å². The lowest BCUT2D eigenvalue weighted by atomic mass is 10.2. The van der Waals surface area contributed by atoms with Gasteiger partial charge in [-0.3, -0.25) is 10.1 Å². The van der Waals surface area contributed by atoms with Crippen molar-refractivity contribution in [1.82, 2.24) is 10.3 Å². The Morgan fingerprint density at radius 1 is 1.23 bits per heavy atom. The third-order valence-corrected chi connectivity index (χ3v) is 3.12. The SMILES string of the molecule is Cc1cccc(NC(=S)NC(=O)C=Cc2ccc(Cl)cc2)n1. The van der Waals surface area contributed by atoms with Crippen molar-refractivity contribution >= 4 is 46.7 Å². The highest BCUT2D eigenvalue weighted by molar-refractivity contribution is 7.80. The molecule has 0 radical (unpaired) electrons. The molecule has 0 bridgehead atoms. The minimum absolute atomic E-state index is 0.198. The molecule has 2 aromatic rings. The van der Waals surface area contributed by atoms with E-state index in [-0.39, 0.29) is 11.0 Å². The van der Waals surface area contributed by atoms with Crippen molar-refractivity contribution in [1.29, 1.82) is 0 Å². The molecular formula is C16H14ClN3OS. The number of thiocarbonyl (C=S) groups is 1. The highest BCUT2D eigenvalue weighted by Gasteiger charge is 2.02. The smallest absolute Gasteiger partial charge is 0.250 e. The molecule has 6 heteroatoms. The molecule has 0 fully saturated rings. The summed E-state index contributed by atoms with van der Waals surface area (Å²) in [6, 6.07) is 12.7. The average Bonchev–Trinajstić information content (AvgIpc) is 2.46. The summed E-state index contributed by atoms with van der Waals surface area (Å²) >= 11 is 10.9. The number of pyridine rings is 1. The molecule has 2 rings (SSSR count). The zero-order valence-corrected chi connectivity index (χ0v) is 13.4. The van der Waals surface area contributed by atoms with Crippen LogP contribution >= 0.6 is 23.8 Å². The summed E-state index contributed by atoms with van der Waals surface area (Å²) in [5.74, 6) is 0.270. The predicted molar refractivity (Wildman–Crippen MR) is 93.8 cm³/mol. The first-order valence-corrected chi connectivity index (χ1v) is 7.31. The van der Waals surface area contributed by atoms with Gasteiger partial charge in [-0.2, -0.15) is 0 Å². The number of rotatable bonds is 3. The number of amides is 1. The van der Waals surface area contributed by atoms with Crippen LogP contribution in [0, 0.1) is 6.92 Å². The van der Waals surface area contributed by atoms with E-state index in [1.165, 1.54) is 6.08 Å². The molecule has 2 N–H and O–H groups in total. The summed E-state index contributed by atoms with van der Waals surface area (Å²) in [6.07, 6.45) is 3.08. The number of nitrogens with zero attached hydrogens (tertiary/aromatic N) is 1. The third-order valence-electron chi connectivity index (χ3n) is 2.66. The molecule has 0 aliphatic heterocycles. The summed E-state index contributed by atoms with van der Waals surface area (Å²) in [4.78, 5) is 16.0. The molecule has 0 atom stereocenters. The van der Waals surface area contributed by atoms with Gasteiger partial charge in [0.1, 0.15) is 5.82 Å². The Kier molecular flexibility index (Phi) is 5.63. The molecule has 22 heavy (non-hydrogen) atoms. The van der Waals surface area contributed by atoms with Crippen molar-refractivity contribution in [2.24, 2.45) is 0 Å². The highest BCUT2D eigenvalue weighted by atomic mass is 35.5. The Labute approximate surface area is 139 Å². The van der Waals surface area contributed by atoms with Crippen LogP contribution in [-0.4, -0.2) is 16.0 Å². The molecule has 0 aliphatic rings. The van der Waals surface area contributed by atoms with Crippen LogP contribution in [0.4, 0.5) is 5.82 Å². The maximum absolute atomic E-state index is 11.8. The molecule has 0 spiro atoms. The van der Waals surface area contributed by atoms with Crippen LogP contribution < -0.4 is 10.6 Å². The maximum Gasteiger partial charge on any atom is 0.250 e. The fourth-order valence-corrected chi connectivity index (χ4v) is 1.99. The number of hydrogen-bond acceptors (Lipinski definition) is 3. The van der Waals surface area contributed by atoms with Gasteiger partial charge >= 0.3 is 0 Å². The number of hydrogen-bond donors (Lipinski definition) is 2. The summed E-state index contributed by atoms with van der Waals surface area (Å²) in [7, 11) is 0. The highest BCUT2D eigenvalue weighted by Crippen LogP contribution is 2.10. The Morgan fingerprint density at radius 2 is 1.95 bits per heavy atom. The minimum Gasteiger partial charge on any atom is -0.317 e. The molecule has 0 saturated heterocycles. The van der Waals surface area contributed by atoms with E-state index in [9.17, 15) is 4.79 Å². The van der Waals surface area contributed by atoms with E-state index in [0.717, 1.165) is 11.3 Å². The number of nitrogens with one attached hydrogen (secondary N) is 2. The van der Waals surface area contributed by atoms with E-state index < -0.39 is 0 Å². The summed E-state index contributed by atoms with van der Waals surface area (Å²) in [5, 5.41) is 6.26. The Balaban J connectivity index is 1.88. The lowest BCUT2D eigenvalue weighted by Crippen LogP contribution is -2.33. The maximum atomic E-state index is 11.8. The molecule has 0 aliphatic carbocycles. The van der Waals surface area contributed by atoms with Gasteiger partial charge in [0.25, 0.3) is 0 Å². The van der Waals surface area contributed by atoms with Crippen molar-refractivity contribution in [3.05, 3.63) is 64.8 Å².